The van der Waals surface area contributed by atoms with E-state index in [2.05, 4.69) is 9.88 Å². The first-order chi connectivity index (χ1) is 15.0. The first-order valence-corrected chi connectivity index (χ1v) is 11.9. The Kier molecular flexibility index (Phi) is 5.58. The van der Waals surface area contributed by atoms with Crippen LogP contribution in [0.25, 0.3) is 10.2 Å². The summed E-state index contributed by atoms with van der Waals surface area (Å²) >= 11 is 7.96. The van der Waals surface area contributed by atoms with Crippen LogP contribution in [0, 0.1) is 0 Å². The highest BCUT2D eigenvalue weighted by atomic mass is 35.5. The Bertz CT molecular complexity index is 1200. The highest BCUT2D eigenvalue weighted by Crippen LogP contribution is 2.35. The third-order valence-corrected chi connectivity index (χ3v) is 8.12. The summed E-state index contributed by atoms with van der Waals surface area (Å²) in [5.41, 5.74) is 2.13. The van der Waals surface area contributed by atoms with Crippen LogP contribution >= 0.6 is 22.9 Å². The van der Waals surface area contributed by atoms with Crippen molar-refractivity contribution in [1.82, 2.24) is 19.4 Å². The number of amides is 1. The van der Waals surface area contributed by atoms with E-state index in [1.807, 2.05) is 29.2 Å². The molecule has 0 radical (unpaired) electrons. The number of benzene rings is 1. The molecule has 1 aliphatic carbocycles. The Balaban J connectivity index is 1.39. The van der Waals surface area contributed by atoms with Crippen LogP contribution in [-0.2, 0) is 24.2 Å². The number of thiophene rings is 1. The second-order valence-electron chi connectivity index (χ2n) is 8.39. The zero-order valence-corrected chi connectivity index (χ0v) is 19.1. The van der Waals surface area contributed by atoms with Crippen molar-refractivity contribution in [2.75, 3.05) is 26.2 Å². The number of aryl methyl sites for hydroxylation is 1. The number of rotatable bonds is 3. The molecule has 1 aliphatic heterocycles. The number of nitrogens with zero attached hydrogens (tertiary/aromatic N) is 4. The molecule has 6 nitrogen and oxygen atoms in total. The predicted octanol–water partition coefficient (Wildman–Crippen LogP) is 3.18. The van der Waals surface area contributed by atoms with Gasteiger partial charge in [0.15, 0.2) is 0 Å². The molecule has 1 amide bonds. The molecule has 0 spiro atoms. The molecular formula is C23H25ClN4O2S. The SMILES string of the molecule is CC(=O)N1CCN(C2CCc3c(sc4ncn(Cc5ccccc5Cl)c(=O)c34)C2)CC1. The number of piperazine rings is 1. The average Bonchev–Trinajstić information content (AvgIpc) is 3.15. The van der Waals surface area contributed by atoms with E-state index >= 15 is 0 Å². The van der Waals surface area contributed by atoms with Crippen molar-refractivity contribution in [3.05, 3.63) is 62.0 Å². The second kappa shape index (κ2) is 8.37. The topological polar surface area (TPSA) is 58.4 Å². The minimum absolute atomic E-state index is 0.0240. The van der Waals surface area contributed by atoms with Gasteiger partial charge in [0, 0.05) is 49.0 Å². The third-order valence-electron chi connectivity index (χ3n) is 6.58. The number of carbonyl (C=O) groups is 1. The van der Waals surface area contributed by atoms with Gasteiger partial charge in [0.05, 0.1) is 18.3 Å². The zero-order chi connectivity index (χ0) is 21.5. The summed E-state index contributed by atoms with van der Waals surface area (Å²) in [4.78, 5) is 36.1. The van der Waals surface area contributed by atoms with Crippen molar-refractivity contribution in [3.8, 4) is 0 Å². The molecule has 162 valence electrons. The molecule has 0 bridgehead atoms. The molecule has 1 saturated heterocycles. The largest absolute Gasteiger partial charge is 0.340 e. The quantitative estimate of drug-likeness (QED) is 0.607. The molecule has 3 heterocycles. The molecule has 3 aromatic rings. The summed E-state index contributed by atoms with van der Waals surface area (Å²) in [5.74, 6) is 0.161. The fourth-order valence-electron chi connectivity index (χ4n) is 4.82. The fourth-order valence-corrected chi connectivity index (χ4v) is 6.26. The fraction of sp³-hybridized carbons (Fsp3) is 0.435. The van der Waals surface area contributed by atoms with Gasteiger partial charge in [-0.2, -0.15) is 0 Å². The number of carbonyl (C=O) groups excluding carboxylic acids is 1. The number of halogens is 1. The Morgan fingerprint density at radius 2 is 2.00 bits per heavy atom. The van der Waals surface area contributed by atoms with Crippen LogP contribution < -0.4 is 5.56 Å². The Morgan fingerprint density at radius 1 is 1.23 bits per heavy atom. The van der Waals surface area contributed by atoms with Crippen molar-refractivity contribution < 1.29 is 4.79 Å². The van der Waals surface area contributed by atoms with Crippen molar-refractivity contribution in [1.29, 1.82) is 0 Å². The van der Waals surface area contributed by atoms with Crippen molar-refractivity contribution in [2.45, 2.75) is 38.8 Å². The smallest absolute Gasteiger partial charge is 0.262 e. The summed E-state index contributed by atoms with van der Waals surface area (Å²) in [6, 6.07) is 8.08. The molecule has 8 heteroatoms. The normalized spacial score (nSPS) is 19.5. The standard InChI is InChI=1S/C23H25ClN4O2S/c1-15(29)26-8-10-27(11-9-26)17-6-7-18-20(12-17)31-22-21(18)23(30)28(14-25-22)13-16-4-2-3-5-19(16)24/h2-5,14,17H,6-13H2,1H3. The summed E-state index contributed by atoms with van der Waals surface area (Å²) in [7, 11) is 0. The number of aromatic nitrogens is 2. The van der Waals surface area contributed by atoms with Crippen molar-refractivity contribution >= 4 is 39.1 Å². The summed E-state index contributed by atoms with van der Waals surface area (Å²) in [6.07, 6.45) is 4.55. The van der Waals surface area contributed by atoms with Crippen LogP contribution in [0.2, 0.25) is 5.02 Å². The van der Waals surface area contributed by atoms with Crippen LogP contribution in [-0.4, -0.2) is 57.5 Å². The first kappa shape index (κ1) is 20.7. The number of hydrogen-bond acceptors (Lipinski definition) is 5. The monoisotopic (exact) mass is 456 g/mol. The van der Waals surface area contributed by atoms with E-state index in [9.17, 15) is 9.59 Å². The van der Waals surface area contributed by atoms with Gasteiger partial charge in [0.25, 0.3) is 5.56 Å². The minimum atomic E-state index is 0.0240. The summed E-state index contributed by atoms with van der Waals surface area (Å²) in [5, 5.41) is 1.45. The van der Waals surface area contributed by atoms with E-state index < -0.39 is 0 Å². The number of hydrogen-bond donors (Lipinski definition) is 0. The predicted molar refractivity (Wildman–Crippen MR) is 124 cm³/mol. The van der Waals surface area contributed by atoms with E-state index in [1.165, 1.54) is 10.4 Å². The lowest BCUT2D eigenvalue weighted by Gasteiger charge is -2.40. The summed E-state index contributed by atoms with van der Waals surface area (Å²) in [6.45, 7) is 5.53. The maximum absolute atomic E-state index is 13.3. The van der Waals surface area contributed by atoms with E-state index in [0.717, 1.165) is 61.2 Å². The van der Waals surface area contributed by atoms with Gasteiger partial charge in [-0.1, -0.05) is 29.8 Å². The molecule has 2 aliphatic rings. The molecule has 2 aromatic heterocycles. The molecule has 1 atom stereocenters. The molecule has 0 saturated carbocycles. The lowest BCUT2D eigenvalue weighted by Crippen LogP contribution is -2.52. The minimum Gasteiger partial charge on any atom is -0.340 e. The highest BCUT2D eigenvalue weighted by Gasteiger charge is 2.30. The van der Waals surface area contributed by atoms with E-state index in [4.69, 9.17) is 11.6 Å². The second-order valence-corrected chi connectivity index (χ2v) is 9.88. The molecule has 0 N–H and O–H groups in total. The lowest BCUT2D eigenvalue weighted by atomic mass is 9.91. The van der Waals surface area contributed by atoms with Gasteiger partial charge in [-0.15, -0.1) is 11.3 Å². The van der Waals surface area contributed by atoms with Gasteiger partial charge in [-0.05, 0) is 36.5 Å². The average molecular weight is 457 g/mol. The molecule has 31 heavy (non-hydrogen) atoms. The van der Waals surface area contributed by atoms with Crippen molar-refractivity contribution in [3.63, 3.8) is 0 Å². The maximum Gasteiger partial charge on any atom is 0.262 e. The Hall–Kier alpha value is -2.22. The van der Waals surface area contributed by atoms with Gasteiger partial charge < -0.3 is 4.90 Å². The highest BCUT2D eigenvalue weighted by molar-refractivity contribution is 7.18. The van der Waals surface area contributed by atoms with Crippen LogP contribution in [0.15, 0.2) is 35.4 Å². The van der Waals surface area contributed by atoms with E-state index in [1.54, 1.807) is 29.2 Å². The Labute approximate surface area is 190 Å². The van der Waals surface area contributed by atoms with Crippen LogP contribution in [0.1, 0.15) is 29.3 Å². The molecule has 5 rings (SSSR count). The van der Waals surface area contributed by atoms with E-state index in [0.29, 0.717) is 17.6 Å². The van der Waals surface area contributed by atoms with Gasteiger partial charge >= 0.3 is 0 Å². The van der Waals surface area contributed by atoms with Gasteiger partial charge in [-0.25, -0.2) is 4.98 Å². The molecule has 1 aromatic carbocycles. The van der Waals surface area contributed by atoms with Crippen molar-refractivity contribution in [2.24, 2.45) is 0 Å². The Morgan fingerprint density at radius 3 is 2.74 bits per heavy atom. The molecule has 1 unspecified atom stereocenters. The van der Waals surface area contributed by atoms with Gasteiger partial charge in [0.1, 0.15) is 4.83 Å². The van der Waals surface area contributed by atoms with E-state index in [-0.39, 0.29) is 11.5 Å². The van der Waals surface area contributed by atoms with Gasteiger partial charge in [-0.3, -0.25) is 19.1 Å². The zero-order valence-electron chi connectivity index (χ0n) is 17.5. The third kappa shape index (κ3) is 3.90. The van der Waals surface area contributed by atoms with Crippen LogP contribution in [0.5, 0.6) is 0 Å². The molecular weight excluding hydrogens is 432 g/mol. The lowest BCUT2D eigenvalue weighted by molar-refractivity contribution is -0.130. The first-order valence-electron chi connectivity index (χ1n) is 10.7. The molecule has 1 fully saturated rings. The van der Waals surface area contributed by atoms with Gasteiger partial charge in [0.2, 0.25) is 5.91 Å². The van der Waals surface area contributed by atoms with Crippen LogP contribution in [0.3, 0.4) is 0 Å². The summed E-state index contributed by atoms with van der Waals surface area (Å²) < 4.78 is 1.67. The maximum atomic E-state index is 13.3. The van der Waals surface area contributed by atoms with Crippen LogP contribution in [0.4, 0.5) is 0 Å². The number of fused-ring (bicyclic) bond motifs is 3.